The minimum absolute atomic E-state index is 0.702. The molecule has 1 rings (SSSR count). The number of nitrogens with zero attached hydrogens (tertiary/aromatic N) is 3. The molecule has 0 radical (unpaired) electrons. The van der Waals surface area contributed by atoms with E-state index >= 15 is 0 Å². The van der Waals surface area contributed by atoms with Crippen molar-refractivity contribution in [2.75, 3.05) is 13.1 Å². The first-order valence-corrected chi connectivity index (χ1v) is 7.29. The lowest BCUT2D eigenvalue weighted by Gasteiger charge is -2.19. The Balaban J connectivity index is 2.54. The largest absolute Gasteiger partial charge is 0.278 e. The lowest BCUT2D eigenvalue weighted by molar-refractivity contribution is 0.239. The van der Waals surface area contributed by atoms with Crippen molar-refractivity contribution in [3.8, 4) is 0 Å². The number of hydrogen-bond donors (Lipinski definition) is 0. The van der Waals surface area contributed by atoms with E-state index in [0.29, 0.717) is 11.8 Å². The van der Waals surface area contributed by atoms with Gasteiger partial charge < -0.3 is 0 Å². The predicted octanol–water partition coefficient (Wildman–Crippen LogP) is 5.08. The quantitative estimate of drug-likeness (QED) is 0.473. The zero-order valence-electron chi connectivity index (χ0n) is 12.7. The Bertz CT molecular complexity index is 346. The van der Waals surface area contributed by atoms with Crippen LogP contribution in [0.4, 0.5) is 5.69 Å². The zero-order valence-corrected chi connectivity index (χ0v) is 12.7. The molecular formula is C16H27N3. The molecule has 0 unspecified atom stereocenters. The van der Waals surface area contributed by atoms with Gasteiger partial charge in [0.25, 0.3) is 0 Å². The highest BCUT2D eigenvalue weighted by Gasteiger charge is 2.05. The van der Waals surface area contributed by atoms with Crippen LogP contribution in [0, 0.1) is 11.8 Å². The monoisotopic (exact) mass is 261 g/mol. The molecule has 0 amide bonds. The first-order valence-electron chi connectivity index (χ1n) is 7.29. The molecule has 1 aromatic carbocycles. The lowest BCUT2D eigenvalue weighted by Crippen LogP contribution is -2.22. The second kappa shape index (κ2) is 8.68. The molecule has 0 heterocycles. The van der Waals surface area contributed by atoms with E-state index in [1.54, 1.807) is 0 Å². The van der Waals surface area contributed by atoms with E-state index in [1.807, 2.05) is 30.3 Å². The summed E-state index contributed by atoms with van der Waals surface area (Å²) in [7, 11) is 0. The van der Waals surface area contributed by atoms with Gasteiger partial charge in [0.15, 0.2) is 0 Å². The summed E-state index contributed by atoms with van der Waals surface area (Å²) in [5, 5.41) is 10.8. The summed E-state index contributed by atoms with van der Waals surface area (Å²) in [4.78, 5) is 0. The van der Waals surface area contributed by atoms with E-state index in [1.165, 1.54) is 0 Å². The highest BCUT2D eigenvalue weighted by molar-refractivity contribution is 5.34. The van der Waals surface area contributed by atoms with Crippen LogP contribution in [-0.2, 0) is 0 Å². The van der Waals surface area contributed by atoms with Crippen LogP contribution in [0.3, 0.4) is 0 Å². The minimum Gasteiger partial charge on any atom is -0.278 e. The molecule has 0 aliphatic rings. The maximum atomic E-state index is 4.40. The van der Waals surface area contributed by atoms with E-state index in [4.69, 9.17) is 0 Å². The molecule has 0 spiro atoms. The van der Waals surface area contributed by atoms with Crippen molar-refractivity contribution >= 4 is 5.69 Å². The van der Waals surface area contributed by atoms with Gasteiger partial charge in [-0.3, -0.25) is 5.01 Å². The summed E-state index contributed by atoms with van der Waals surface area (Å²) in [5.74, 6) is 1.40. The Kier molecular flexibility index (Phi) is 7.16. The molecule has 1 aromatic rings. The average molecular weight is 261 g/mol. The Labute approximate surface area is 117 Å². The summed E-state index contributed by atoms with van der Waals surface area (Å²) in [6.45, 7) is 11.0. The second-order valence-corrected chi connectivity index (χ2v) is 5.84. The predicted molar refractivity (Wildman–Crippen MR) is 81.4 cm³/mol. The molecule has 0 aromatic heterocycles. The SMILES string of the molecule is CC(C)CCN(CCC(C)C)N=Nc1ccccc1. The Morgan fingerprint density at radius 1 is 0.895 bits per heavy atom. The van der Waals surface area contributed by atoms with Crippen LogP contribution < -0.4 is 0 Å². The number of benzene rings is 1. The molecule has 106 valence electrons. The fraction of sp³-hybridized carbons (Fsp3) is 0.625. The topological polar surface area (TPSA) is 28.0 Å². The molecule has 0 saturated heterocycles. The van der Waals surface area contributed by atoms with Crippen LogP contribution in [0.5, 0.6) is 0 Å². The van der Waals surface area contributed by atoms with E-state index in [9.17, 15) is 0 Å². The van der Waals surface area contributed by atoms with Crippen molar-refractivity contribution in [3.05, 3.63) is 30.3 Å². The summed E-state index contributed by atoms with van der Waals surface area (Å²) >= 11 is 0. The van der Waals surface area contributed by atoms with Crippen LogP contribution in [-0.4, -0.2) is 18.1 Å². The molecular weight excluding hydrogens is 234 g/mol. The first kappa shape index (κ1) is 15.7. The van der Waals surface area contributed by atoms with Crippen molar-refractivity contribution in [1.82, 2.24) is 5.01 Å². The van der Waals surface area contributed by atoms with Crippen molar-refractivity contribution < 1.29 is 0 Å². The summed E-state index contributed by atoms with van der Waals surface area (Å²) in [5.41, 5.74) is 0.918. The van der Waals surface area contributed by atoms with Gasteiger partial charge in [-0.1, -0.05) is 51.1 Å². The molecule has 0 N–H and O–H groups in total. The van der Waals surface area contributed by atoms with Crippen molar-refractivity contribution in [3.63, 3.8) is 0 Å². The summed E-state index contributed by atoms with van der Waals surface area (Å²) in [6, 6.07) is 9.93. The smallest absolute Gasteiger partial charge is 0.0874 e. The second-order valence-electron chi connectivity index (χ2n) is 5.84. The average Bonchev–Trinajstić information content (AvgIpc) is 2.38. The minimum atomic E-state index is 0.702. The highest BCUT2D eigenvalue weighted by atomic mass is 15.5. The lowest BCUT2D eigenvalue weighted by atomic mass is 10.1. The van der Waals surface area contributed by atoms with Gasteiger partial charge in [0, 0.05) is 13.1 Å². The van der Waals surface area contributed by atoms with Gasteiger partial charge in [0.2, 0.25) is 0 Å². The molecule has 0 aliphatic carbocycles. The number of hydrogen-bond acceptors (Lipinski definition) is 2. The van der Waals surface area contributed by atoms with E-state index in [-0.39, 0.29) is 0 Å². The van der Waals surface area contributed by atoms with E-state index in [0.717, 1.165) is 31.6 Å². The van der Waals surface area contributed by atoms with Gasteiger partial charge in [-0.25, -0.2) is 0 Å². The molecule has 19 heavy (non-hydrogen) atoms. The zero-order chi connectivity index (χ0) is 14.1. The molecule has 0 aliphatic heterocycles. The molecule has 0 saturated carbocycles. The van der Waals surface area contributed by atoms with E-state index in [2.05, 4.69) is 43.0 Å². The fourth-order valence-electron chi connectivity index (χ4n) is 1.63. The molecule has 3 heteroatoms. The first-order chi connectivity index (χ1) is 9.08. The van der Waals surface area contributed by atoms with Crippen LogP contribution >= 0.6 is 0 Å². The Morgan fingerprint density at radius 3 is 1.89 bits per heavy atom. The van der Waals surface area contributed by atoms with Gasteiger partial charge >= 0.3 is 0 Å². The number of rotatable bonds is 8. The van der Waals surface area contributed by atoms with Gasteiger partial charge in [-0.15, -0.1) is 5.11 Å². The third kappa shape index (κ3) is 7.60. The van der Waals surface area contributed by atoms with Gasteiger partial charge in [-0.2, -0.15) is 0 Å². The van der Waals surface area contributed by atoms with Gasteiger partial charge in [0.05, 0.1) is 5.69 Å². The maximum Gasteiger partial charge on any atom is 0.0874 e. The Morgan fingerprint density at radius 2 is 1.42 bits per heavy atom. The summed E-state index contributed by atoms with van der Waals surface area (Å²) < 4.78 is 0. The van der Waals surface area contributed by atoms with Gasteiger partial charge in [-0.05, 0) is 36.8 Å². The molecule has 3 nitrogen and oxygen atoms in total. The third-order valence-electron chi connectivity index (χ3n) is 2.97. The van der Waals surface area contributed by atoms with Crippen molar-refractivity contribution in [2.45, 2.75) is 40.5 Å². The third-order valence-corrected chi connectivity index (χ3v) is 2.97. The van der Waals surface area contributed by atoms with E-state index < -0.39 is 0 Å². The molecule has 0 atom stereocenters. The highest BCUT2D eigenvalue weighted by Crippen LogP contribution is 2.13. The Hall–Kier alpha value is -1.38. The van der Waals surface area contributed by atoms with Crippen LogP contribution in [0.2, 0.25) is 0 Å². The maximum absolute atomic E-state index is 4.40. The fourth-order valence-corrected chi connectivity index (χ4v) is 1.63. The van der Waals surface area contributed by atoms with Crippen LogP contribution in [0.1, 0.15) is 40.5 Å². The van der Waals surface area contributed by atoms with Crippen LogP contribution in [0.15, 0.2) is 40.7 Å². The van der Waals surface area contributed by atoms with Crippen LogP contribution in [0.25, 0.3) is 0 Å². The van der Waals surface area contributed by atoms with Gasteiger partial charge in [0.1, 0.15) is 0 Å². The molecule has 0 bridgehead atoms. The van der Waals surface area contributed by atoms with Crippen molar-refractivity contribution in [2.24, 2.45) is 22.2 Å². The summed E-state index contributed by atoms with van der Waals surface area (Å²) in [6.07, 6.45) is 2.32. The normalized spacial score (nSPS) is 11.7. The molecule has 0 fully saturated rings. The van der Waals surface area contributed by atoms with Crippen molar-refractivity contribution in [1.29, 1.82) is 0 Å². The standard InChI is InChI=1S/C16H27N3/c1-14(2)10-12-19(13-11-15(3)4)18-17-16-8-6-5-7-9-16/h5-9,14-15H,10-13H2,1-4H3.